The first-order valence-corrected chi connectivity index (χ1v) is 10.2. The van der Waals surface area contributed by atoms with E-state index in [0.29, 0.717) is 28.4 Å². The second-order valence-corrected chi connectivity index (χ2v) is 8.73. The number of halogens is 1. The minimum atomic E-state index is -0.466. The molecule has 0 radical (unpaired) electrons. The van der Waals surface area contributed by atoms with Crippen LogP contribution in [-0.4, -0.2) is 29.2 Å². The molecule has 3 aliphatic rings. The molecule has 2 unspecified atom stereocenters. The van der Waals surface area contributed by atoms with Gasteiger partial charge in [-0.2, -0.15) is 5.26 Å². The second kappa shape index (κ2) is 7.10. The zero-order valence-electron chi connectivity index (χ0n) is 14.6. The van der Waals surface area contributed by atoms with Gasteiger partial charge in [0, 0.05) is 9.91 Å². The Morgan fingerprint density at radius 2 is 2.04 bits per heavy atom. The van der Waals surface area contributed by atoms with Crippen molar-refractivity contribution in [1.82, 2.24) is 4.90 Å². The number of thiophene rings is 1. The number of nitriles is 1. The topological polar surface area (TPSA) is 90.3 Å². The van der Waals surface area contributed by atoms with Crippen LogP contribution in [0.4, 0.5) is 5.00 Å². The summed E-state index contributed by atoms with van der Waals surface area (Å²) in [6.45, 7) is -0.324. The summed E-state index contributed by atoms with van der Waals surface area (Å²) in [7, 11) is 0. The van der Waals surface area contributed by atoms with Crippen molar-refractivity contribution < 1.29 is 14.4 Å². The minimum absolute atomic E-state index is 0.313. The summed E-state index contributed by atoms with van der Waals surface area (Å²) in [6.07, 6.45) is 6.46. The van der Waals surface area contributed by atoms with Gasteiger partial charge in [0.2, 0.25) is 17.7 Å². The maximum atomic E-state index is 12.6. The molecule has 2 aliphatic carbocycles. The van der Waals surface area contributed by atoms with Crippen LogP contribution in [0.15, 0.2) is 11.1 Å². The fourth-order valence-corrected chi connectivity index (χ4v) is 5.65. The van der Waals surface area contributed by atoms with E-state index in [0.717, 1.165) is 41.0 Å². The van der Waals surface area contributed by atoms with Crippen molar-refractivity contribution >= 4 is 45.7 Å². The van der Waals surface area contributed by atoms with Crippen molar-refractivity contribution in [3.63, 3.8) is 0 Å². The third kappa shape index (κ3) is 3.17. The first kappa shape index (κ1) is 18.2. The van der Waals surface area contributed by atoms with Crippen molar-refractivity contribution in [2.24, 2.45) is 11.8 Å². The molecule has 0 aromatic carbocycles. The molecular formula is C19H18ClN3O3S. The number of imide groups is 1. The Bertz CT molecular complexity index is 914. The fraction of sp³-hybridized carbons (Fsp3) is 0.474. The Kier molecular flexibility index (Phi) is 4.79. The molecular weight excluding hydrogens is 386 g/mol. The normalized spacial score (nSPS) is 24.1. The molecule has 3 amide bonds. The van der Waals surface area contributed by atoms with Gasteiger partial charge < -0.3 is 5.32 Å². The molecule has 2 atom stereocenters. The van der Waals surface area contributed by atoms with Gasteiger partial charge in [0.05, 0.1) is 17.4 Å². The van der Waals surface area contributed by atoms with Gasteiger partial charge in [-0.3, -0.25) is 19.3 Å². The maximum absolute atomic E-state index is 12.6. The number of allylic oxidation sites excluding steroid dienone is 2. The number of hydrogen-bond donors (Lipinski definition) is 1. The average molecular weight is 404 g/mol. The number of rotatable bonds is 3. The van der Waals surface area contributed by atoms with E-state index in [1.807, 2.05) is 0 Å². The van der Waals surface area contributed by atoms with Crippen molar-refractivity contribution in [3.8, 4) is 6.07 Å². The van der Waals surface area contributed by atoms with Crippen LogP contribution in [0, 0.1) is 23.2 Å². The van der Waals surface area contributed by atoms with Crippen LogP contribution in [0.3, 0.4) is 0 Å². The number of amides is 3. The zero-order valence-corrected chi connectivity index (χ0v) is 16.2. The van der Waals surface area contributed by atoms with Gasteiger partial charge >= 0.3 is 0 Å². The van der Waals surface area contributed by atoms with Crippen molar-refractivity contribution in [1.29, 1.82) is 5.26 Å². The number of hydrogen-bond acceptors (Lipinski definition) is 5. The van der Waals surface area contributed by atoms with E-state index >= 15 is 0 Å². The highest BCUT2D eigenvalue weighted by molar-refractivity contribution is 7.16. The van der Waals surface area contributed by atoms with E-state index in [4.69, 9.17) is 11.6 Å². The predicted octanol–water partition coefficient (Wildman–Crippen LogP) is 2.95. The SMILES string of the molecule is N#Cc1c(NC(=O)CN2C(=O)C3CC=C(Cl)CC3C2=O)sc2c1CCCC2. The molecule has 2 heterocycles. The lowest BCUT2D eigenvalue weighted by atomic mass is 9.85. The smallest absolute Gasteiger partial charge is 0.245 e. The number of carbonyl (C=O) groups excluding carboxylic acids is 3. The van der Waals surface area contributed by atoms with Crippen LogP contribution < -0.4 is 5.32 Å². The minimum Gasteiger partial charge on any atom is -0.315 e. The number of nitrogens with zero attached hydrogens (tertiary/aromatic N) is 2. The average Bonchev–Trinajstić information content (AvgIpc) is 3.11. The van der Waals surface area contributed by atoms with Crippen LogP contribution in [0.1, 0.15) is 41.7 Å². The number of fused-ring (bicyclic) bond motifs is 2. The first-order chi connectivity index (χ1) is 13.0. The van der Waals surface area contributed by atoms with Gasteiger partial charge in [0.1, 0.15) is 17.6 Å². The third-order valence-electron chi connectivity index (χ3n) is 5.50. The van der Waals surface area contributed by atoms with Gasteiger partial charge in [0.15, 0.2) is 0 Å². The second-order valence-electron chi connectivity index (χ2n) is 7.14. The molecule has 4 rings (SSSR count). The van der Waals surface area contributed by atoms with Crippen LogP contribution >= 0.6 is 22.9 Å². The molecule has 1 fully saturated rings. The largest absolute Gasteiger partial charge is 0.315 e. The monoisotopic (exact) mass is 403 g/mol. The standard InChI is InChI=1S/C19H18ClN3O3S/c20-10-5-6-12-13(7-10)19(26)23(18(12)25)9-16(24)22-17-14(8-21)11-3-1-2-4-15(11)27-17/h5,12-13H,1-4,6-7,9H2,(H,22,24). The Balaban J connectivity index is 1.48. The molecule has 1 aromatic heterocycles. The number of likely N-dealkylation sites (tertiary alicyclic amines) is 1. The Morgan fingerprint density at radius 3 is 2.81 bits per heavy atom. The maximum Gasteiger partial charge on any atom is 0.245 e. The highest BCUT2D eigenvalue weighted by Crippen LogP contribution is 2.39. The fourth-order valence-electron chi connectivity index (χ4n) is 4.13. The summed E-state index contributed by atoms with van der Waals surface area (Å²) in [5, 5.41) is 13.3. The molecule has 1 aliphatic heterocycles. The molecule has 0 spiro atoms. The summed E-state index contributed by atoms with van der Waals surface area (Å²) < 4.78 is 0. The van der Waals surface area contributed by atoms with E-state index < -0.39 is 17.7 Å². The molecule has 8 heteroatoms. The van der Waals surface area contributed by atoms with Gasteiger partial charge in [-0.05, 0) is 44.1 Å². The molecule has 27 heavy (non-hydrogen) atoms. The lowest BCUT2D eigenvalue weighted by Gasteiger charge is -2.17. The van der Waals surface area contributed by atoms with E-state index in [2.05, 4.69) is 11.4 Å². The number of nitrogens with one attached hydrogen (secondary N) is 1. The molecule has 6 nitrogen and oxygen atoms in total. The van der Waals surface area contributed by atoms with E-state index in [1.54, 1.807) is 6.08 Å². The molecule has 1 aromatic rings. The summed E-state index contributed by atoms with van der Waals surface area (Å²) >= 11 is 7.44. The molecule has 0 bridgehead atoms. The Morgan fingerprint density at radius 1 is 1.30 bits per heavy atom. The molecule has 1 saturated heterocycles. The Labute approximate surface area is 165 Å². The van der Waals surface area contributed by atoms with Crippen LogP contribution in [0.2, 0.25) is 0 Å². The number of anilines is 1. The first-order valence-electron chi connectivity index (χ1n) is 9.03. The van der Waals surface area contributed by atoms with Gasteiger partial charge in [0.25, 0.3) is 0 Å². The van der Waals surface area contributed by atoms with Crippen LogP contribution in [0.25, 0.3) is 0 Å². The lowest BCUT2D eigenvalue weighted by Crippen LogP contribution is -2.38. The van der Waals surface area contributed by atoms with Crippen LogP contribution in [0.5, 0.6) is 0 Å². The summed E-state index contributed by atoms with van der Waals surface area (Å²) in [6, 6.07) is 2.19. The molecule has 140 valence electrons. The quantitative estimate of drug-likeness (QED) is 0.785. The highest BCUT2D eigenvalue weighted by atomic mass is 35.5. The summed E-state index contributed by atoms with van der Waals surface area (Å²) in [4.78, 5) is 39.8. The third-order valence-corrected chi connectivity index (χ3v) is 7.01. The Hall–Kier alpha value is -2.17. The molecule has 0 saturated carbocycles. The van der Waals surface area contributed by atoms with Crippen molar-refractivity contribution in [3.05, 3.63) is 27.1 Å². The summed E-state index contributed by atoms with van der Waals surface area (Å²) in [5.41, 5.74) is 1.55. The van der Waals surface area contributed by atoms with E-state index in [1.165, 1.54) is 11.3 Å². The molecule has 1 N–H and O–H groups in total. The van der Waals surface area contributed by atoms with Crippen molar-refractivity contribution in [2.75, 3.05) is 11.9 Å². The van der Waals surface area contributed by atoms with Crippen molar-refractivity contribution in [2.45, 2.75) is 38.5 Å². The van der Waals surface area contributed by atoms with Gasteiger partial charge in [-0.1, -0.05) is 17.7 Å². The van der Waals surface area contributed by atoms with E-state index in [-0.39, 0.29) is 18.4 Å². The van der Waals surface area contributed by atoms with Crippen LogP contribution in [-0.2, 0) is 27.2 Å². The number of aryl methyl sites for hydroxylation is 1. The van der Waals surface area contributed by atoms with E-state index in [9.17, 15) is 19.6 Å². The summed E-state index contributed by atoms with van der Waals surface area (Å²) in [5.74, 6) is -1.99. The van der Waals surface area contributed by atoms with Gasteiger partial charge in [-0.15, -0.1) is 11.3 Å². The number of carbonyl (C=O) groups is 3. The predicted molar refractivity (Wildman–Crippen MR) is 101 cm³/mol. The van der Waals surface area contributed by atoms with Gasteiger partial charge in [-0.25, -0.2) is 0 Å². The highest BCUT2D eigenvalue weighted by Gasteiger charge is 2.48. The zero-order chi connectivity index (χ0) is 19.1. The lowest BCUT2D eigenvalue weighted by molar-refractivity contribution is -0.142.